The van der Waals surface area contributed by atoms with Crippen LogP contribution >= 0.6 is 15.9 Å². The van der Waals surface area contributed by atoms with Crippen molar-refractivity contribution >= 4 is 27.7 Å². The predicted octanol–water partition coefficient (Wildman–Crippen LogP) is 1.84. The summed E-state index contributed by atoms with van der Waals surface area (Å²) >= 11 is 3.34. The largest absolute Gasteiger partial charge is 0.404 e. The van der Waals surface area contributed by atoms with E-state index in [1.54, 1.807) is 25.7 Å². The highest BCUT2D eigenvalue weighted by Gasteiger charge is 1.98. The van der Waals surface area contributed by atoms with E-state index in [1.165, 1.54) is 6.20 Å². The van der Waals surface area contributed by atoms with Gasteiger partial charge < -0.3 is 5.73 Å². The zero-order valence-corrected chi connectivity index (χ0v) is 8.82. The monoisotopic (exact) mass is 239 g/mol. The molecule has 2 N–H and O–H groups in total. The molecule has 0 atom stereocenters. The predicted molar refractivity (Wildman–Crippen MR) is 58.5 cm³/mol. The van der Waals surface area contributed by atoms with Crippen molar-refractivity contribution in [2.45, 2.75) is 0 Å². The zero-order valence-electron chi connectivity index (χ0n) is 7.24. The highest BCUT2D eigenvalue weighted by molar-refractivity contribution is 9.10. The van der Waals surface area contributed by atoms with E-state index in [1.807, 2.05) is 6.07 Å². The molecule has 0 aliphatic carbocycles. The summed E-state index contributed by atoms with van der Waals surface area (Å²) < 4.78 is 0.925. The lowest BCUT2D eigenvalue weighted by Crippen LogP contribution is -1.92. The van der Waals surface area contributed by atoms with Gasteiger partial charge in [0.05, 0.1) is 0 Å². The summed E-state index contributed by atoms with van der Waals surface area (Å²) in [6.45, 7) is 0. The van der Waals surface area contributed by atoms with Crippen LogP contribution in [0.2, 0.25) is 0 Å². The molecule has 0 unspecified atom stereocenters. The number of aliphatic imine (C=N–C) groups is 1. The molecule has 0 saturated heterocycles. The molecule has 0 aromatic carbocycles. The molecule has 1 aromatic rings. The smallest absolute Gasteiger partial charge is 0.0410 e. The van der Waals surface area contributed by atoms with Gasteiger partial charge in [-0.3, -0.25) is 9.98 Å². The molecular formula is C9H10BrN3. The lowest BCUT2D eigenvalue weighted by Gasteiger charge is -1.99. The highest BCUT2D eigenvalue weighted by atomic mass is 79.9. The van der Waals surface area contributed by atoms with Gasteiger partial charge in [0.25, 0.3) is 0 Å². The normalized spacial score (nSPS) is 12.3. The number of halogens is 1. The van der Waals surface area contributed by atoms with Gasteiger partial charge in [0.15, 0.2) is 0 Å². The Balaban J connectivity index is 3.06. The minimum absolute atomic E-state index is 0.858. The van der Waals surface area contributed by atoms with Crippen molar-refractivity contribution < 1.29 is 0 Å². The van der Waals surface area contributed by atoms with Crippen molar-refractivity contribution in [3.05, 3.63) is 34.7 Å². The number of hydrogen-bond acceptors (Lipinski definition) is 3. The second kappa shape index (κ2) is 4.77. The number of aromatic nitrogens is 1. The first-order valence-electron chi connectivity index (χ1n) is 3.73. The van der Waals surface area contributed by atoms with Crippen LogP contribution in [0.15, 0.2) is 34.1 Å². The Hall–Kier alpha value is -1.16. The Morgan fingerprint density at radius 2 is 2.38 bits per heavy atom. The fraction of sp³-hybridized carbons (Fsp3) is 0.111. The molecular weight excluding hydrogens is 230 g/mol. The standard InChI is InChI=1S/C9H10BrN3/c1-12-4-8(3-11)7-2-9(10)6-13-5-7/h2-6H,11H2,1H3. The van der Waals surface area contributed by atoms with E-state index < -0.39 is 0 Å². The van der Waals surface area contributed by atoms with Crippen LogP contribution in [0.1, 0.15) is 5.56 Å². The number of hydrogen-bond donors (Lipinski definition) is 1. The van der Waals surface area contributed by atoms with Gasteiger partial charge in [-0.15, -0.1) is 0 Å². The Morgan fingerprint density at radius 3 is 2.92 bits per heavy atom. The van der Waals surface area contributed by atoms with Gasteiger partial charge >= 0.3 is 0 Å². The molecule has 0 amide bonds. The number of nitrogens with two attached hydrogens (primary N) is 1. The Morgan fingerprint density at radius 1 is 1.62 bits per heavy atom. The summed E-state index contributed by atoms with van der Waals surface area (Å²) in [5.41, 5.74) is 7.25. The molecule has 1 aromatic heterocycles. The lowest BCUT2D eigenvalue weighted by molar-refractivity contribution is 1.29. The first-order valence-corrected chi connectivity index (χ1v) is 4.52. The number of nitrogens with zero attached hydrogens (tertiary/aromatic N) is 2. The molecule has 1 heterocycles. The molecule has 0 aliphatic heterocycles. The third kappa shape index (κ3) is 2.66. The van der Waals surface area contributed by atoms with E-state index in [-0.39, 0.29) is 0 Å². The summed E-state index contributed by atoms with van der Waals surface area (Å²) in [6.07, 6.45) is 6.67. The number of allylic oxidation sites excluding steroid dienone is 1. The average molecular weight is 240 g/mol. The van der Waals surface area contributed by atoms with E-state index in [9.17, 15) is 0 Å². The molecule has 0 aliphatic rings. The minimum atomic E-state index is 0.858. The first kappa shape index (κ1) is 9.92. The molecule has 0 saturated carbocycles. The maximum Gasteiger partial charge on any atom is 0.0410 e. The summed E-state index contributed by atoms with van der Waals surface area (Å²) in [4.78, 5) is 7.93. The van der Waals surface area contributed by atoms with Crippen molar-refractivity contribution in [2.75, 3.05) is 7.05 Å². The van der Waals surface area contributed by atoms with Crippen molar-refractivity contribution in [1.82, 2.24) is 4.98 Å². The summed E-state index contributed by atoms with van der Waals surface area (Å²) in [6, 6.07) is 1.94. The fourth-order valence-corrected chi connectivity index (χ4v) is 1.29. The van der Waals surface area contributed by atoms with Crippen LogP contribution in [0, 0.1) is 0 Å². The maximum atomic E-state index is 5.44. The van der Waals surface area contributed by atoms with Gasteiger partial charge in [-0.25, -0.2) is 0 Å². The Labute approximate surface area is 85.5 Å². The number of rotatable bonds is 2. The second-order valence-corrected chi connectivity index (χ2v) is 3.32. The molecule has 0 fully saturated rings. The SMILES string of the molecule is CN=CC(=CN)c1cncc(Br)c1. The van der Waals surface area contributed by atoms with Crippen LogP contribution in [0.4, 0.5) is 0 Å². The molecule has 4 heteroatoms. The van der Waals surface area contributed by atoms with Crippen molar-refractivity contribution in [2.24, 2.45) is 10.7 Å². The molecule has 0 spiro atoms. The highest BCUT2D eigenvalue weighted by Crippen LogP contribution is 2.15. The van der Waals surface area contributed by atoms with Gasteiger partial charge in [0.2, 0.25) is 0 Å². The van der Waals surface area contributed by atoms with Crippen molar-refractivity contribution in [3.63, 3.8) is 0 Å². The van der Waals surface area contributed by atoms with Gasteiger partial charge in [0.1, 0.15) is 0 Å². The van der Waals surface area contributed by atoms with Crippen molar-refractivity contribution in [1.29, 1.82) is 0 Å². The van der Waals surface area contributed by atoms with Gasteiger partial charge in [-0.2, -0.15) is 0 Å². The zero-order chi connectivity index (χ0) is 9.68. The van der Waals surface area contributed by atoms with Gasteiger partial charge in [-0.05, 0) is 22.0 Å². The third-order valence-electron chi connectivity index (χ3n) is 1.49. The number of pyridine rings is 1. The fourth-order valence-electron chi connectivity index (χ4n) is 0.923. The van der Waals surface area contributed by atoms with Gasteiger partial charge in [-0.1, -0.05) is 0 Å². The van der Waals surface area contributed by atoms with Crippen molar-refractivity contribution in [3.8, 4) is 0 Å². The molecule has 0 bridgehead atoms. The minimum Gasteiger partial charge on any atom is -0.404 e. The quantitative estimate of drug-likeness (QED) is 0.802. The van der Waals surface area contributed by atoms with E-state index in [4.69, 9.17) is 5.73 Å². The molecule has 68 valence electrons. The Bertz CT molecular complexity index is 344. The average Bonchev–Trinajstić information content (AvgIpc) is 2.14. The van der Waals surface area contributed by atoms with E-state index in [2.05, 4.69) is 25.9 Å². The second-order valence-electron chi connectivity index (χ2n) is 2.40. The van der Waals surface area contributed by atoms with Crippen LogP contribution in [0.25, 0.3) is 5.57 Å². The molecule has 1 rings (SSSR count). The summed E-state index contributed by atoms with van der Waals surface area (Å²) in [5.74, 6) is 0. The molecule has 3 nitrogen and oxygen atoms in total. The van der Waals surface area contributed by atoms with E-state index in [0.29, 0.717) is 0 Å². The summed E-state index contributed by atoms with van der Waals surface area (Å²) in [5, 5.41) is 0. The lowest BCUT2D eigenvalue weighted by atomic mass is 10.1. The molecule has 13 heavy (non-hydrogen) atoms. The van der Waals surface area contributed by atoms with Crippen LogP contribution in [-0.4, -0.2) is 18.2 Å². The first-order chi connectivity index (χ1) is 6.27. The Kier molecular flexibility index (Phi) is 3.64. The molecule has 0 radical (unpaired) electrons. The van der Waals surface area contributed by atoms with Gasteiger partial charge in [0, 0.05) is 47.5 Å². The van der Waals surface area contributed by atoms with Crippen LogP contribution in [-0.2, 0) is 0 Å². The van der Waals surface area contributed by atoms with Crippen LogP contribution in [0.5, 0.6) is 0 Å². The van der Waals surface area contributed by atoms with Crippen LogP contribution < -0.4 is 5.73 Å². The summed E-state index contributed by atoms with van der Waals surface area (Å²) in [7, 11) is 1.70. The van der Waals surface area contributed by atoms with E-state index >= 15 is 0 Å². The van der Waals surface area contributed by atoms with Crippen LogP contribution in [0.3, 0.4) is 0 Å². The topological polar surface area (TPSA) is 51.3 Å². The maximum absolute atomic E-state index is 5.44. The van der Waals surface area contributed by atoms with E-state index in [0.717, 1.165) is 15.6 Å². The third-order valence-corrected chi connectivity index (χ3v) is 1.92.